The molecule has 0 radical (unpaired) electrons. The molecule has 21 heavy (non-hydrogen) atoms. The number of aryl methyl sites for hydroxylation is 1. The van der Waals surface area contributed by atoms with Gasteiger partial charge in [0.15, 0.2) is 15.6 Å². The van der Waals surface area contributed by atoms with Crippen LogP contribution < -0.4 is 5.48 Å². The van der Waals surface area contributed by atoms with Crippen molar-refractivity contribution in [3.63, 3.8) is 0 Å². The first-order chi connectivity index (χ1) is 9.65. The van der Waals surface area contributed by atoms with Crippen molar-refractivity contribution in [1.29, 1.82) is 0 Å². The molecular weight excluding hydrogens is 296 g/mol. The molecule has 0 aliphatic rings. The van der Waals surface area contributed by atoms with Crippen molar-refractivity contribution in [3.8, 4) is 0 Å². The van der Waals surface area contributed by atoms with E-state index in [-0.39, 0.29) is 12.8 Å². The van der Waals surface area contributed by atoms with Crippen molar-refractivity contribution < 1.29 is 22.9 Å². The van der Waals surface area contributed by atoms with Gasteiger partial charge in [-0.3, -0.25) is 10.0 Å². The molecule has 0 fully saturated rings. The zero-order valence-corrected chi connectivity index (χ0v) is 13.3. The third-order valence-electron chi connectivity index (χ3n) is 3.64. The number of carbonyl (C=O) groups excluding carboxylic acids is 1. The molecule has 2 N–H and O–H groups in total. The number of allylic oxidation sites excluding steroid dienone is 2. The number of sulfone groups is 1. The predicted molar refractivity (Wildman–Crippen MR) is 77.3 cm³/mol. The quantitative estimate of drug-likeness (QED) is 0.605. The molecule has 1 amide bonds. The monoisotopic (exact) mass is 316 g/mol. The molecule has 1 aromatic rings. The highest BCUT2D eigenvalue weighted by Crippen LogP contribution is 2.24. The van der Waals surface area contributed by atoms with Crippen molar-refractivity contribution >= 4 is 21.3 Å². The molecule has 118 valence electrons. The molecule has 0 saturated carbocycles. The number of nitrogens with one attached hydrogen (secondary N) is 1. The van der Waals surface area contributed by atoms with Crippen LogP contribution >= 0.6 is 0 Å². The minimum Gasteiger partial charge on any atom is -0.356 e. The molecule has 1 aromatic heterocycles. The van der Waals surface area contributed by atoms with Crippen molar-refractivity contribution in [2.75, 3.05) is 6.26 Å². The number of hydrogen-bond acceptors (Lipinski definition) is 6. The van der Waals surface area contributed by atoms with E-state index in [0.717, 1.165) is 11.8 Å². The Hall–Kier alpha value is -1.67. The molecule has 0 saturated heterocycles. The minimum atomic E-state index is -3.70. The zero-order chi connectivity index (χ0) is 16.3. The molecule has 1 rings (SSSR count). The van der Waals surface area contributed by atoms with Crippen LogP contribution in [0.3, 0.4) is 0 Å². The summed E-state index contributed by atoms with van der Waals surface area (Å²) in [4.78, 5) is 11.7. The fraction of sp³-hybridized carbons (Fsp3) is 0.538. The summed E-state index contributed by atoms with van der Waals surface area (Å²) in [7, 11) is -3.70. The first-order valence-electron chi connectivity index (χ1n) is 6.38. The van der Waals surface area contributed by atoms with E-state index in [9.17, 15) is 13.2 Å². The van der Waals surface area contributed by atoms with Crippen LogP contribution in [0.25, 0.3) is 5.57 Å². The van der Waals surface area contributed by atoms with E-state index in [4.69, 9.17) is 9.73 Å². The summed E-state index contributed by atoms with van der Waals surface area (Å²) in [6.45, 7) is 5.00. The number of hydrogen-bond donors (Lipinski definition) is 2. The van der Waals surface area contributed by atoms with E-state index in [0.29, 0.717) is 11.5 Å². The van der Waals surface area contributed by atoms with Gasteiger partial charge in [0.25, 0.3) is 5.91 Å². The molecule has 0 bridgehead atoms. The van der Waals surface area contributed by atoms with Crippen LogP contribution in [0.5, 0.6) is 0 Å². The van der Waals surface area contributed by atoms with Gasteiger partial charge in [-0.2, -0.15) is 0 Å². The van der Waals surface area contributed by atoms with Crippen molar-refractivity contribution in [2.45, 2.75) is 38.4 Å². The Morgan fingerprint density at radius 2 is 2.19 bits per heavy atom. The minimum absolute atomic E-state index is 0.0148. The number of rotatable bonds is 6. The molecule has 0 aliphatic heterocycles. The molecule has 1 heterocycles. The van der Waals surface area contributed by atoms with Crippen LogP contribution in [0.4, 0.5) is 0 Å². The van der Waals surface area contributed by atoms with E-state index >= 15 is 0 Å². The van der Waals surface area contributed by atoms with Gasteiger partial charge in [0.05, 0.1) is 5.69 Å². The fourth-order valence-electron chi connectivity index (χ4n) is 1.71. The molecule has 8 heteroatoms. The zero-order valence-electron chi connectivity index (χ0n) is 12.5. The van der Waals surface area contributed by atoms with E-state index in [1.807, 2.05) is 19.9 Å². The van der Waals surface area contributed by atoms with Gasteiger partial charge >= 0.3 is 0 Å². The predicted octanol–water partition coefficient (Wildman–Crippen LogP) is 1.34. The summed E-state index contributed by atoms with van der Waals surface area (Å²) in [6, 6.07) is 1.70. The van der Waals surface area contributed by atoms with Gasteiger partial charge in [0, 0.05) is 12.3 Å². The normalized spacial score (nSPS) is 15.6. The van der Waals surface area contributed by atoms with Crippen molar-refractivity contribution in [2.24, 2.45) is 0 Å². The average Bonchev–Trinajstić information content (AvgIpc) is 2.90. The molecule has 0 spiro atoms. The third kappa shape index (κ3) is 3.70. The van der Waals surface area contributed by atoms with E-state index in [1.165, 1.54) is 12.4 Å². The molecule has 0 aromatic carbocycles. The second-order valence-corrected chi connectivity index (χ2v) is 7.54. The summed E-state index contributed by atoms with van der Waals surface area (Å²) < 4.78 is 27.0. The lowest BCUT2D eigenvalue weighted by atomic mass is 10.0. The summed E-state index contributed by atoms with van der Waals surface area (Å²) in [5, 5.41) is 12.6. The molecule has 1 unspecified atom stereocenters. The second kappa shape index (κ2) is 6.40. The maximum atomic E-state index is 11.8. The highest BCUT2D eigenvalue weighted by Gasteiger charge is 2.43. The summed E-state index contributed by atoms with van der Waals surface area (Å²) in [6.07, 6.45) is 3.04. The van der Waals surface area contributed by atoms with E-state index < -0.39 is 20.5 Å². The highest BCUT2D eigenvalue weighted by atomic mass is 32.2. The largest absolute Gasteiger partial charge is 0.356 e. The number of hydroxylamine groups is 1. The molecule has 1 atom stereocenters. The van der Waals surface area contributed by atoms with Crippen LogP contribution in [-0.4, -0.2) is 35.7 Å². The topological polar surface area (TPSA) is 110 Å². The lowest BCUT2D eigenvalue weighted by Gasteiger charge is -2.24. The first kappa shape index (κ1) is 17.4. The lowest BCUT2D eigenvalue weighted by Crippen LogP contribution is -2.49. The van der Waals surface area contributed by atoms with Crippen molar-refractivity contribution in [3.05, 3.63) is 23.6 Å². The van der Waals surface area contributed by atoms with Gasteiger partial charge in [-0.25, -0.2) is 13.9 Å². The Balaban J connectivity index is 2.93. The lowest BCUT2D eigenvalue weighted by molar-refractivity contribution is -0.131. The Kier molecular flexibility index (Phi) is 5.30. The van der Waals surface area contributed by atoms with Gasteiger partial charge in [0.1, 0.15) is 4.75 Å². The van der Waals surface area contributed by atoms with Crippen LogP contribution in [0.2, 0.25) is 0 Å². The summed E-state index contributed by atoms with van der Waals surface area (Å²) in [5.74, 6) is -0.362. The van der Waals surface area contributed by atoms with Gasteiger partial charge in [-0.1, -0.05) is 11.2 Å². The first-order valence-corrected chi connectivity index (χ1v) is 8.28. The molecule has 0 aliphatic carbocycles. The maximum Gasteiger partial charge on any atom is 0.264 e. The third-order valence-corrected chi connectivity index (χ3v) is 5.67. The fourth-order valence-corrected chi connectivity index (χ4v) is 2.57. The Bertz CT molecular complexity index is 647. The summed E-state index contributed by atoms with van der Waals surface area (Å²) in [5.41, 5.74) is 2.87. The van der Waals surface area contributed by atoms with Crippen LogP contribution in [0.1, 0.15) is 38.6 Å². The van der Waals surface area contributed by atoms with E-state index in [1.54, 1.807) is 6.07 Å². The standard InChI is InChI=1S/C13H20N2O5S/c1-5-9(2)11-8-10(15-20-11)6-7-13(3,12(16)14-17)21(4,18)19/h5,8,17H,6-7H2,1-4H3,(H,14,16)/b9-5+. The number of carbonyl (C=O) groups is 1. The Labute approximate surface area is 123 Å². The maximum absolute atomic E-state index is 11.8. The SMILES string of the molecule is C/C=C(\C)c1cc(CCC(C)(C(=O)NO)S(C)(=O)=O)no1. The van der Waals surface area contributed by atoms with Gasteiger partial charge in [-0.15, -0.1) is 0 Å². The number of aromatic nitrogens is 1. The summed E-state index contributed by atoms with van der Waals surface area (Å²) >= 11 is 0. The average molecular weight is 316 g/mol. The van der Waals surface area contributed by atoms with Crippen molar-refractivity contribution in [1.82, 2.24) is 10.6 Å². The van der Waals surface area contributed by atoms with Crippen LogP contribution in [0, 0.1) is 0 Å². The van der Waals surface area contributed by atoms with Crippen LogP contribution in [0.15, 0.2) is 16.7 Å². The second-order valence-electron chi connectivity index (χ2n) is 5.10. The molecule has 7 nitrogen and oxygen atoms in total. The van der Waals surface area contributed by atoms with Crippen LogP contribution in [-0.2, 0) is 21.1 Å². The van der Waals surface area contributed by atoms with Gasteiger partial charge < -0.3 is 4.52 Å². The molecular formula is C13H20N2O5S. The van der Waals surface area contributed by atoms with Gasteiger partial charge in [0.2, 0.25) is 0 Å². The highest BCUT2D eigenvalue weighted by molar-refractivity contribution is 7.92. The van der Waals surface area contributed by atoms with Gasteiger partial charge in [-0.05, 0) is 39.2 Å². The number of amides is 1. The smallest absolute Gasteiger partial charge is 0.264 e. The Morgan fingerprint density at radius 3 is 2.67 bits per heavy atom. The Morgan fingerprint density at radius 1 is 1.57 bits per heavy atom. The number of nitrogens with zero attached hydrogens (tertiary/aromatic N) is 1. The van der Waals surface area contributed by atoms with E-state index in [2.05, 4.69) is 5.16 Å².